The van der Waals surface area contributed by atoms with Gasteiger partial charge in [-0.1, -0.05) is 26.0 Å². The van der Waals surface area contributed by atoms with E-state index in [0.29, 0.717) is 11.3 Å². The molecule has 0 radical (unpaired) electrons. The lowest BCUT2D eigenvalue weighted by atomic mass is 9.82. The summed E-state index contributed by atoms with van der Waals surface area (Å²) in [6.45, 7) is 3.27. The smallest absolute Gasteiger partial charge is 0.412 e. The highest BCUT2D eigenvalue weighted by Gasteiger charge is 2.33. The largest absolute Gasteiger partial charge is 0.505 e. The Morgan fingerprint density at radius 2 is 1.90 bits per heavy atom. The first-order chi connectivity index (χ1) is 14.2. The van der Waals surface area contributed by atoms with Crippen molar-refractivity contribution in [1.82, 2.24) is 5.48 Å². The van der Waals surface area contributed by atoms with Gasteiger partial charge in [0.25, 0.3) is 5.91 Å². The number of rotatable bonds is 6. The van der Waals surface area contributed by atoms with Crippen molar-refractivity contribution < 1.29 is 29.0 Å². The number of phenolic OH excluding ortho intramolecular Hbond substituents is 1. The summed E-state index contributed by atoms with van der Waals surface area (Å²) in [7, 11) is 0. The van der Waals surface area contributed by atoms with E-state index in [-0.39, 0.29) is 5.56 Å². The number of hydrogen-bond donors (Lipinski definition) is 4. The molecule has 0 aliphatic heterocycles. The van der Waals surface area contributed by atoms with E-state index in [1.807, 2.05) is 6.07 Å². The van der Waals surface area contributed by atoms with Gasteiger partial charge >= 0.3 is 6.09 Å². The van der Waals surface area contributed by atoms with E-state index in [2.05, 4.69) is 5.32 Å². The van der Waals surface area contributed by atoms with E-state index in [4.69, 9.17) is 15.2 Å². The summed E-state index contributed by atoms with van der Waals surface area (Å²) in [6.07, 6.45) is 0.522. The molecule has 0 bridgehead atoms. The number of nitriles is 1. The van der Waals surface area contributed by atoms with Gasteiger partial charge < -0.3 is 9.84 Å². The first-order valence-corrected chi connectivity index (χ1v) is 8.76. The fourth-order valence-electron chi connectivity index (χ4n) is 2.63. The Morgan fingerprint density at radius 3 is 2.47 bits per heavy atom. The van der Waals surface area contributed by atoms with Crippen molar-refractivity contribution in [2.45, 2.75) is 20.0 Å². The number of aromatic hydroxyl groups is 1. The maximum Gasteiger partial charge on any atom is 0.412 e. The van der Waals surface area contributed by atoms with E-state index in [0.717, 1.165) is 18.2 Å². The molecule has 8 nitrogen and oxygen atoms in total. The van der Waals surface area contributed by atoms with Crippen LogP contribution >= 0.6 is 0 Å². The van der Waals surface area contributed by atoms with E-state index in [1.54, 1.807) is 13.8 Å². The van der Waals surface area contributed by atoms with Crippen LogP contribution in [0.3, 0.4) is 0 Å². The van der Waals surface area contributed by atoms with Crippen LogP contribution in [-0.4, -0.2) is 22.3 Å². The minimum atomic E-state index is -1.06. The highest BCUT2D eigenvalue weighted by molar-refractivity contribution is 5.86. The van der Waals surface area contributed by atoms with Crippen molar-refractivity contribution in [3.8, 4) is 11.8 Å². The molecule has 4 N–H and O–H groups in total. The lowest BCUT2D eigenvalue weighted by Gasteiger charge is -2.31. The highest BCUT2D eigenvalue weighted by Crippen LogP contribution is 2.39. The number of carbonyl (C=O) groups excluding carboxylic acids is 2. The third-order valence-corrected chi connectivity index (χ3v) is 4.21. The van der Waals surface area contributed by atoms with Crippen molar-refractivity contribution in [1.29, 1.82) is 5.26 Å². The highest BCUT2D eigenvalue weighted by atomic mass is 19.1. The zero-order valence-corrected chi connectivity index (χ0v) is 16.2. The number of nitrogens with zero attached hydrogens (tertiary/aromatic N) is 1. The van der Waals surface area contributed by atoms with Crippen LogP contribution in [0.15, 0.2) is 54.6 Å². The normalized spacial score (nSPS) is 12.1. The molecule has 2 aromatic carbocycles. The van der Waals surface area contributed by atoms with Gasteiger partial charge in [0.05, 0.1) is 11.6 Å². The molecule has 9 heteroatoms. The van der Waals surface area contributed by atoms with Gasteiger partial charge in [0.2, 0.25) is 0 Å². The molecular formula is C21H20FN3O5. The van der Waals surface area contributed by atoms with Gasteiger partial charge in [0, 0.05) is 17.2 Å². The van der Waals surface area contributed by atoms with Gasteiger partial charge in [-0.15, -0.1) is 0 Å². The molecule has 0 fully saturated rings. The first kappa shape index (κ1) is 22.4. The number of halogens is 1. The molecule has 0 saturated heterocycles. The topological polar surface area (TPSA) is 132 Å². The van der Waals surface area contributed by atoms with E-state index < -0.39 is 35.1 Å². The zero-order valence-electron chi connectivity index (χ0n) is 16.2. The summed E-state index contributed by atoms with van der Waals surface area (Å²) in [5.74, 6) is -2.25. The summed E-state index contributed by atoms with van der Waals surface area (Å²) in [4.78, 5) is 23.8. The summed E-state index contributed by atoms with van der Waals surface area (Å²) < 4.78 is 19.4. The lowest BCUT2D eigenvalue weighted by Crippen LogP contribution is -2.28. The van der Waals surface area contributed by atoms with E-state index in [9.17, 15) is 19.1 Å². The van der Waals surface area contributed by atoms with Gasteiger partial charge in [0.15, 0.2) is 11.6 Å². The number of ether oxygens (including phenoxy) is 1. The first-order valence-electron chi connectivity index (χ1n) is 8.76. The van der Waals surface area contributed by atoms with Crippen LogP contribution in [0.1, 0.15) is 31.1 Å². The number of hydrogen-bond acceptors (Lipinski definition) is 6. The van der Waals surface area contributed by atoms with Crippen LogP contribution in [-0.2, 0) is 9.53 Å². The molecule has 0 unspecified atom stereocenters. The zero-order chi connectivity index (χ0) is 22.3. The van der Waals surface area contributed by atoms with Crippen molar-refractivity contribution in [3.63, 3.8) is 0 Å². The SMILES string of the molecule is CC(C)(/C=C/C(=O)NO)[C@H](OC(=O)Nc1ccc(C#N)cc1)c1ccc(O)c(F)c1. The predicted octanol–water partition coefficient (Wildman–Crippen LogP) is 3.78. The third kappa shape index (κ3) is 5.80. The van der Waals surface area contributed by atoms with Crippen LogP contribution in [0.25, 0.3) is 0 Å². The average molecular weight is 413 g/mol. The number of phenols is 1. The molecule has 1 atom stereocenters. The van der Waals surface area contributed by atoms with Crippen molar-refractivity contribution in [2.24, 2.45) is 5.41 Å². The Hall–Kier alpha value is -3.90. The number of hydroxylamine groups is 1. The maximum absolute atomic E-state index is 13.9. The number of carbonyl (C=O) groups is 2. The second-order valence-electron chi connectivity index (χ2n) is 6.94. The Kier molecular flexibility index (Phi) is 7.12. The molecule has 0 aromatic heterocycles. The number of amides is 2. The van der Waals surface area contributed by atoms with E-state index in [1.165, 1.54) is 41.9 Å². The Labute approximate surface area is 172 Å². The molecule has 2 amide bonds. The number of benzene rings is 2. The average Bonchev–Trinajstić information content (AvgIpc) is 2.73. The molecule has 0 aliphatic rings. The van der Waals surface area contributed by atoms with Crippen molar-refractivity contribution in [3.05, 3.63) is 71.6 Å². The second kappa shape index (κ2) is 9.54. The monoisotopic (exact) mass is 413 g/mol. The van der Waals surface area contributed by atoms with E-state index >= 15 is 0 Å². The summed E-state index contributed by atoms with van der Waals surface area (Å²) in [5.41, 5.74) is 1.47. The quantitative estimate of drug-likeness (QED) is 0.324. The van der Waals surface area contributed by atoms with Crippen LogP contribution in [0.4, 0.5) is 14.9 Å². The molecule has 0 saturated carbocycles. The van der Waals surface area contributed by atoms with Crippen LogP contribution < -0.4 is 10.8 Å². The third-order valence-electron chi connectivity index (χ3n) is 4.21. The second-order valence-corrected chi connectivity index (χ2v) is 6.94. The fourth-order valence-corrected chi connectivity index (χ4v) is 2.63. The van der Waals surface area contributed by atoms with Crippen molar-refractivity contribution in [2.75, 3.05) is 5.32 Å². The molecule has 2 rings (SSSR count). The lowest BCUT2D eigenvalue weighted by molar-refractivity contribution is -0.124. The van der Waals surface area contributed by atoms with Gasteiger partial charge in [-0.05, 0) is 42.0 Å². The predicted molar refractivity (Wildman–Crippen MR) is 105 cm³/mol. The molecule has 2 aromatic rings. The van der Waals surface area contributed by atoms with Gasteiger partial charge in [-0.25, -0.2) is 14.7 Å². The fraction of sp³-hybridized carbons (Fsp3) is 0.190. The minimum Gasteiger partial charge on any atom is -0.505 e. The molecule has 0 aliphatic carbocycles. The summed E-state index contributed by atoms with van der Waals surface area (Å²) in [6, 6.07) is 11.6. The van der Waals surface area contributed by atoms with Crippen LogP contribution in [0, 0.1) is 22.6 Å². The van der Waals surface area contributed by atoms with Gasteiger partial charge in [-0.3, -0.25) is 15.3 Å². The number of anilines is 1. The molecule has 156 valence electrons. The summed E-state index contributed by atoms with van der Waals surface area (Å²) >= 11 is 0. The summed E-state index contributed by atoms with van der Waals surface area (Å²) in [5, 5.41) is 29.4. The van der Waals surface area contributed by atoms with Crippen LogP contribution in [0.5, 0.6) is 5.75 Å². The molecule has 30 heavy (non-hydrogen) atoms. The number of nitrogens with one attached hydrogen (secondary N) is 2. The molecular weight excluding hydrogens is 393 g/mol. The Bertz CT molecular complexity index is 997. The van der Waals surface area contributed by atoms with Gasteiger partial charge in [0.1, 0.15) is 6.10 Å². The molecule has 0 spiro atoms. The maximum atomic E-state index is 13.9. The van der Waals surface area contributed by atoms with Crippen LogP contribution in [0.2, 0.25) is 0 Å². The van der Waals surface area contributed by atoms with Crippen molar-refractivity contribution >= 4 is 17.7 Å². The Balaban J connectivity index is 2.31. The molecule has 0 heterocycles. The minimum absolute atomic E-state index is 0.235. The van der Waals surface area contributed by atoms with Gasteiger partial charge in [-0.2, -0.15) is 5.26 Å². The Morgan fingerprint density at radius 1 is 1.23 bits per heavy atom. The standard InChI is InChI=1S/C21H20FN3O5/c1-21(2,10-9-18(27)25-29)19(14-5-8-17(26)16(22)11-14)30-20(28)24-15-6-3-13(12-23)4-7-15/h3-11,19,26,29H,1-2H3,(H,24,28)(H,25,27)/b10-9+/t19-/m1/s1.